The number of amides is 1. The van der Waals surface area contributed by atoms with E-state index >= 15 is 0 Å². The van der Waals surface area contributed by atoms with Crippen LogP contribution in [0.2, 0.25) is 0 Å². The normalized spacial score (nSPS) is 14.0. The van der Waals surface area contributed by atoms with Crippen LogP contribution in [0, 0.1) is 20.8 Å². The van der Waals surface area contributed by atoms with Gasteiger partial charge >= 0.3 is 0 Å². The van der Waals surface area contributed by atoms with Gasteiger partial charge in [-0.05, 0) is 108 Å². The van der Waals surface area contributed by atoms with Gasteiger partial charge in [-0.3, -0.25) is 9.59 Å². The maximum atomic E-state index is 13.8. The number of anilines is 1. The van der Waals surface area contributed by atoms with Crippen molar-refractivity contribution in [2.45, 2.75) is 59.7 Å². The molecule has 1 amide bonds. The standard InChI is InChI=1S/C35H49N5O3/c1-8-40(30-13-17-43-18-14-30)33-21-29(28-11-9-27(10-12-28)23-39(7)16-15-38(5)6)20-31(26(33)4)34(41)36-22-32-24(2)19-25(3)37-35(32)42/h9-12,19-21,30H,8,13-18,22-23H2,1-7H3,(H,36,41)(H,37,42). The summed E-state index contributed by atoms with van der Waals surface area (Å²) in [5, 5.41) is 3.04. The predicted molar refractivity (Wildman–Crippen MR) is 176 cm³/mol. The number of rotatable bonds is 12. The Kier molecular flexibility index (Phi) is 11.2. The number of ether oxygens (including phenoxy) is 1. The highest BCUT2D eigenvalue weighted by molar-refractivity contribution is 5.99. The Labute approximate surface area is 257 Å². The lowest BCUT2D eigenvalue weighted by Crippen LogP contribution is -2.40. The van der Waals surface area contributed by atoms with Crippen molar-refractivity contribution >= 4 is 11.6 Å². The molecular formula is C35H49N5O3. The zero-order valence-electron chi connectivity index (χ0n) is 27.0. The predicted octanol–water partition coefficient (Wildman–Crippen LogP) is 4.90. The molecule has 1 fully saturated rings. The smallest absolute Gasteiger partial charge is 0.253 e. The van der Waals surface area contributed by atoms with Crippen LogP contribution in [-0.2, 0) is 17.8 Å². The second kappa shape index (κ2) is 14.8. The highest BCUT2D eigenvalue weighted by Crippen LogP contribution is 2.34. The van der Waals surface area contributed by atoms with Gasteiger partial charge in [0.15, 0.2) is 0 Å². The van der Waals surface area contributed by atoms with E-state index in [1.807, 2.05) is 32.9 Å². The molecule has 0 atom stereocenters. The number of likely N-dealkylation sites (N-methyl/N-ethyl adjacent to an activating group) is 2. The quantitative estimate of drug-likeness (QED) is 0.314. The Bertz CT molecular complexity index is 1440. The summed E-state index contributed by atoms with van der Waals surface area (Å²) in [7, 11) is 6.34. The summed E-state index contributed by atoms with van der Waals surface area (Å²) in [6.45, 7) is 13.4. The number of nitrogens with zero attached hydrogens (tertiary/aromatic N) is 3. The van der Waals surface area contributed by atoms with E-state index in [2.05, 4.69) is 83.4 Å². The first-order valence-corrected chi connectivity index (χ1v) is 15.5. The van der Waals surface area contributed by atoms with E-state index in [0.717, 1.165) is 85.9 Å². The Morgan fingerprint density at radius 2 is 1.67 bits per heavy atom. The van der Waals surface area contributed by atoms with Gasteiger partial charge in [0.05, 0.1) is 0 Å². The molecule has 8 heteroatoms. The number of benzene rings is 2. The number of hydrogen-bond acceptors (Lipinski definition) is 6. The third-order valence-corrected chi connectivity index (χ3v) is 8.49. The largest absolute Gasteiger partial charge is 0.381 e. The van der Waals surface area contributed by atoms with E-state index in [4.69, 9.17) is 4.74 Å². The van der Waals surface area contributed by atoms with E-state index in [0.29, 0.717) is 17.2 Å². The van der Waals surface area contributed by atoms with Gasteiger partial charge in [-0.25, -0.2) is 0 Å². The molecule has 0 spiro atoms. The van der Waals surface area contributed by atoms with E-state index in [1.54, 1.807) is 0 Å². The minimum atomic E-state index is -0.179. The molecule has 4 rings (SSSR count). The van der Waals surface area contributed by atoms with Crippen molar-refractivity contribution in [3.05, 3.63) is 86.3 Å². The van der Waals surface area contributed by atoms with Crippen LogP contribution < -0.4 is 15.8 Å². The Balaban J connectivity index is 1.66. The summed E-state index contributed by atoms with van der Waals surface area (Å²) < 4.78 is 5.66. The van der Waals surface area contributed by atoms with Crippen LogP contribution in [0.25, 0.3) is 11.1 Å². The number of hydrogen-bond donors (Lipinski definition) is 2. The molecule has 0 bridgehead atoms. The molecule has 2 N–H and O–H groups in total. The topological polar surface area (TPSA) is 80.9 Å². The molecule has 3 aromatic rings. The van der Waals surface area contributed by atoms with E-state index in [9.17, 15) is 9.59 Å². The van der Waals surface area contributed by atoms with Gasteiger partial charge in [-0.1, -0.05) is 24.3 Å². The fraction of sp³-hybridized carbons (Fsp3) is 0.486. The number of carbonyl (C=O) groups excluding carboxylic acids is 1. The summed E-state index contributed by atoms with van der Waals surface area (Å²) in [4.78, 5) is 36.2. The molecule has 2 aromatic carbocycles. The number of pyridine rings is 1. The molecule has 232 valence electrons. The number of nitrogens with one attached hydrogen (secondary N) is 2. The Hall–Kier alpha value is -3.46. The van der Waals surface area contributed by atoms with Crippen LogP contribution in [0.3, 0.4) is 0 Å². The highest BCUT2D eigenvalue weighted by atomic mass is 16.5. The summed E-state index contributed by atoms with van der Waals surface area (Å²) in [5.41, 5.74) is 8.10. The van der Waals surface area contributed by atoms with Crippen LogP contribution in [0.4, 0.5) is 5.69 Å². The first-order valence-electron chi connectivity index (χ1n) is 15.5. The lowest BCUT2D eigenvalue weighted by molar-refractivity contribution is 0.0846. The third kappa shape index (κ3) is 8.34. The monoisotopic (exact) mass is 587 g/mol. The van der Waals surface area contributed by atoms with Crippen molar-refractivity contribution in [2.24, 2.45) is 0 Å². The van der Waals surface area contributed by atoms with Gasteiger partial charge < -0.3 is 29.7 Å². The van der Waals surface area contributed by atoms with Gasteiger partial charge in [0.1, 0.15) is 0 Å². The second-order valence-electron chi connectivity index (χ2n) is 12.2. The lowest BCUT2D eigenvalue weighted by atomic mass is 9.94. The molecule has 0 radical (unpaired) electrons. The molecule has 1 aromatic heterocycles. The summed E-state index contributed by atoms with van der Waals surface area (Å²) in [6.07, 6.45) is 1.93. The van der Waals surface area contributed by atoms with Crippen molar-refractivity contribution < 1.29 is 9.53 Å². The molecule has 1 aliphatic heterocycles. The summed E-state index contributed by atoms with van der Waals surface area (Å²) in [6, 6.07) is 15.2. The van der Waals surface area contributed by atoms with Gasteiger partial charge in [0.2, 0.25) is 0 Å². The number of aromatic amines is 1. The third-order valence-electron chi connectivity index (χ3n) is 8.49. The maximum absolute atomic E-state index is 13.8. The average molecular weight is 588 g/mol. The number of aryl methyl sites for hydroxylation is 2. The fourth-order valence-corrected chi connectivity index (χ4v) is 5.95. The van der Waals surface area contributed by atoms with Crippen LogP contribution in [-0.4, -0.2) is 80.7 Å². The van der Waals surface area contributed by atoms with Crippen LogP contribution >= 0.6 is 0 Å². The first kappa shape index (κ1) is 32.5. The van der Waals surface area contributed by atoms with Crippen LogP contribution in [0.1, 0.15) is 58.1 Å². The molecule has 0 unspecified atom stereocenters. The van der Waals surface area contributed by atoms with E-state index < -0.39 is 0 Å². The fourth-order valence-electron chi connectivity index (χ4n) is 5.95. The first-order chi connectivity index (χ1) is 20.6. The lowest BCUT2D eigenvalue weighted by Gasteiger charge is -2.37. The minimum absolute atomic E-state index is 0.159. The average Bonchev–Trinajstić information content (AvgIpc) is 2.97. The molecule has 43 heavy (non-hydrogen) atoms. The van der Waals surface area contributed by atoms with Crippen LogP contribution in [0.5, 0.6) is 0 Å². The van der Waals surface area contributed by atoms with Crippen molar-refractivity contribution in [1.29, 1.82) is 0 Å². The summed E-state index contributed by atoms with van der Waals surface area (Å²) >= 11 is 0. The van der Waals surface area contributed by atoms with Crippen molar-refractivity contribution in [1.82, 2.24) is 20.1 Å². The van der Waals surface area contributed by atoms with E-state index in [-0.39, 0.29) is 18.0 Å². The molecule has 2 heterocycles. The highest BCUT2D eigenvalue weighted by Gasteiger charge is 2.25. The molecule has 1 aliphatic rings. The van der Waals surface area contributed by atoms with Crippen molar-refractivity contribution in [3.8, 4) is 11.1 Å². The zero-order valence-corrected chi connectivity index (χ0v) is 27.0. The second-order valence-corrected chi connectivity index (χ2v) is 12.2. The maximum Gasteiger partial charge on any atom is 0.253 e. The minimum Gasteiger partial charge on any atom is -0.381 e. The van der Waals surface area contributed by atoms with Crippen LogP contribution in [0.15, 0.2) is 47.3 Å². The SMILES string of the molecule is CCN(c1cc(-c2ccc(CN(C)CCN(C)C)cc2)cc(C(=O)NCc2c(C)cc(C)[nH]c2=O)c1C)C1CCOCC1. The van der Waals surface area contributed by atoms with Gasteiger partial charge in [-0.2, -0.15) is 0 Å². The van der Waals surface area contributed by atoms with Gasteiger partial charge in [0, 0.05) is 74.5 Å². The zero-order chi connectivity index (χ0) is 31.1. The molecule has 8 nitrogen and oxygen atoms in total. The van der Waals surface area contributed by atoms with Gasteiger partial charge in [-0.15, -0.1) is 0 Å². The van der Waals surface area contributed by atoms with E-state index in [1.165, 1.54) is 5.56 Å². The molecule has 0 saturated carbocycles. The molecule has 1 saturated heterocycles. The Morgan fingerprint density at radius 1 is 0.977 bits per heavy atom. The Morgan fingerprint density at radius 3 is 2.30 bits per heavy atom. The van der Waals surface area contributed by atoms with Crippen molar-refractivity contribution in [3.63, 3.8) is 0 Å². The van der Waals surface area contributed by atoms with Crippen molar-refractivity contribution in [2.75, 3.05) is 58.9 Å². The molecule has 0 aliphatic carbocycles. The number of aromatic nitrogens is 1. The molecular weight excluding hydrogens is 538 g/mol. The number of carbonyl (C=O) groups is 1. The summed E-state index contributed by atoms with van der Waals surface area (Å²) in [5.74, 6) is -0.179. The van der Waals surface area contributed by atoms with Gasteiger partial charge in [0.25, 0.3) is 11.5 Å². The number of H-pyrrole nitrogens is 1.